The smallest absolute Gasteiger partial charge is 0.363 e. The maximum Gasteiger partial charge on any atom is 0.363 e. The van der Waals surface area contributed by atoms with Gasteiger partial charge in [0.1, 0.15) is 18.4 Å². The van der Waals surface area contributed by atoms with Crippen LogP contribution in [0.3, 0.4) is 0 Å². The fraction of sp³-hybridized carbons (Fsp3) is 0.400. The minimum Gasteiger partial charge on any atom is -0.388 e. The zero-order valence-corrected chi connectivity index (χ0v) is 32.1. The number of carbonyl (C=O) groups excluding carboxylic acids is 2. The van der Waals surface area contributed by atoms with Gasteiger partial charge in [-0.3, -0.25) is 24.1 Å². The second-order valence-electron chi connectivity index (χ2n) is 12.9. The van der Waals surface area contributed by atoms with Crippen molar-refractivity contribution in [3.8, 4) is 0 Å². The van der Waals surface area contributed by atoms with Crippen molar-refractivity contribution < 1.29 is 31.9 Å². The molecule has 2 aliphatic carbocycles. The van der Waals surface area contributed by atoms with Gasteiger partial charge in [-0.15, -0.1) is 11.6 Å². The van der Waals surface area contributed by atoms with Gasteiger partial charge in [-0.1, -0.05) is 24.3 Å². The number of fused-ring (bicyclic) bond motifs is 2. The van der Waals surface area contributed by atoms with E-state index in [2.05, 4.69) is 25.8 Å². The Morgan fingerprint density at radius 3 is 2.53 bits per heavy atom. The summed E-state index contributed by atoms with van der Waals surface area (Å²) in [5, 5.41) is 13.8. The van der Waals surface area contributed by atoms with E-state index < -0.39 is 6.05 Å². The van der Waals surface area contributed by atoms with E-state index in [-0.39, 0.29) is 48.8 Å². The van der Waals surface area contributed by atoms with E-state index in [0.29, 0.717) is 43.1 Å². The molecule has 15 heteroatoms. The summed E-state index contributed by atoms with van der Waals surface area (Å²) in [4.78, 5) is 28.2. The number of aromatic nitrogens is 2. The lowest BCUT2D eigenvalue weighted by Gasteiger charge is -2.36. The molecule has 3 aliphatic heterocycles. The number of aromatic amines is 1. The Balaban J connectivity index is 0.000000304. The minimum atomic E-state index is -3.25. The van der Waals surface area contributed by atoms with Crippen LogP contribution in [-0.2, 0) is 9.53 Å². The number of nitrogens with one attached hydrogen (secondary N) is 3. The van der Waals surface area contributed by atoms with Gasteiger partial charge in [0, 0.05) is 80.6 Å². The SMILES string of the molecule is C1COC1.CF.CNC1=CC2N=C(C(F)(F)N3CC=C(/C(=C/C=C\C=O)NCC4=CCC(Cl)C=C4F)CC3)N(C)C2C=C1.Cc1[nH]nc2ccc(C=O)cc12. The number of hydrogen-bond donors (Lipinski definition) is 3. The number of H-pyrrole nitrogens is 1. The Labute approximate surface area is 324 Å². The lowest BCUT2D eigenvalue weighted by atomic mass is 10.0. The molecule has 0 radical (unpaired) electrons. The van der Waals surface area contributed by atoms with Crippen LogP contribution in [-0.4, -0.2) is 116 Å². The van der Waals surface area contributed by atoms with Gasteiger partial charge >= 0.3 is 6.05 Å². The Kier molecular flexibility index (Phi) is 16.2. The van der Waals surface area contributed by atoms with E-state index in [9.17, 15) is 18.4 Å². The van der Waals surface area contributed by atoms with Crippen molar-refractivity contribution in [3.63, 3.8) is 0 Å². The number of amidine groups is 1. The summed E-state index contributed by atoms with van der Waals surface area (Å²) < 4.78 is 59.8. The number of benzene rings is 1. The van der Waals surface area contributed by atoms with E-state index in [1.54, 1.807) is 49.4 Å². The van der Waals surface area contributed by atoms with Crippen molar-refractivity contribution in [2.75, 3.05) is 54.1 Å². The molecular weight excluding hydrogens is 738 g/mol. The number of allylic oxidation sites excluding steroid dienone is 7. The third-order valence-corrected chi connectivity index (χ3v) is 9.67. The summed E-state index contributed by atoms with van der Waals surface area (Å²) in [6.07, 6.45) is 18.7. The maximum atomic E-state index is 15.6. The molecule has 5 aliphatic rings. The fourth-order valence-electron chi connectivity index (χ4n) is 6.15. The molecule has 0 amide bonds. The van der Waals surface area contributed by atoms with Crippen molar-refractivity contribution in [3.05, 3.63) is 113 Å². The van der Waals surface area contributed by atoms with Gasteiger partial charge < -0.3 is 20.3 Å². The molecule has 0 bridgehead atoms. The quantitative estimate of drug-likeness (QED) is 0.0613. The number of carbonyl (C=O) groups is 2. The first-order valence-electron chi connectivity index (χ1n) is 17.9. The first-order valence-corrected chi connectivity index (χ1v) is 18.3. The Bertz CT molecular complexity index is 1890. The largest absolute Gasteiger partial charge is 0.388 e. The summed E-state index contributed by atoms with van der Waals surface area (Å²) in [5.41, 5.74) is 5.39. The molecule has 1 aromatic heterocycles. The van der Waals surface area contributed by atoms with E-state index in [1.807, 2.05) is 37.3 Å². The van der Waals surface area contributed by atoms with Crippen LogP contribution < -0.4 is 10.6 Å². The number of aryl methyl sites for hydroxylation is 1. The summed E-state index contributed by atoms with van der Waals surface area (Å²) in [6.45, 7) is 4.27. The summed E-state index contributed by atoms with van der Waals surface area (Å²) in [5.74, 6) is -0.622. The Morgan fingerprint density at radius 1 is 1.16 bits per heavy atom. The first-order chi connectivity index (χ1) is 26.5. The number of aldehydes is 2. The zero-order chi connectivity index (χ0) is 40.0. The molecule has 3 atom stereocenters. The summed E-state index contributed by atoms with van der Waals surface area (Å²) >= 11 is 5.97. The van der Waals surface area contributed by atoms with Gasteiger partial charge in [-0.05, 0) is 80.3 Å². The Hall–Kier alpha value is -4.79. The number of aliphatic imine (C=N–C) groups is 1. The maximum absolute atomic E-state index is 15.6. The molecule has 3 N–H and O–H groups in total. The number of halogens is 5. The Morgan fingerprint density at radius 2 is 1.91 bits per heavy atom. The summed E-state index contributed by atoms with van der Waals surface area (Å²) in [6, 6.07) is 1.58. The number of ether oxygens (including phenoxy) is 1. The van der Waals surface area contributed by atoms with Crippen LogP contribution in [0.2, 0.25) is 0 Å². The molecule has 1 aromatic carbocycles. The molecule has 55 heavy (non-hydrogen) atoms. The topological polar surface area (TPSA) is 115 Å². The molecular formula is C40H48ClF4N7O3. The van der Waals surface area contributed by atoms with Gasteiger partial charge in [0.05, 0.1) is 30.2 Å². The van der Waals surface area contributed by atoms with Crippen LogP contribution in [0.4, 0.5) is 17.6 Å². The normalized spacial score (nSPS) is 22.1. The zero-order valence-electron chi connectivity index (χ0n) is 31.4. The molecule has 1 fully saturated rings. The number of rotatable bonds is 10. The van der Waals surface area contributed by atoms with Crippen LogP contribution >= 0.6 is 11.6 Å². The summed E-state index contributed by atoms with van der Waals surface area (Å²) in [7, 11) is 3.93. The molecule has 0 spiro atoms. The standard InChI is InChI=1S/C27H31ClF3N5O.C9H8N2O.C3H6O.CH3F/c1-32-21-8-9-25-24(16-21)34-26(35(25)2)27(30,31)36-12-10-18(11-13-36)23(5-3-4-14-37)33-17-19-6-7-20(28)15-22(19)29;1-6-8-4-7(5-12)2-3-9(8)11-10-6;1-2-4-3-1;1-2/h3-6,8-10,14-16,20,24-25,32-33H,7,11-13,17H2,1-2H3;2-5H,1H3,(H,10,11);1-3H2;1H3/b4-3-,23-5-;;;. The highest BCUT2D eigenvalue weighted by atomic mass is 35.5. The minimum absolute atomic E-state index is 0.0132. The third kappa shape index (κ3) is 11.1. The lowest BCUT2D eigenvalue weighted by Crippen LogP contribution is -2.54. The van der Waals surface area contributed by atoms with Crippen LogP contribution in [0, 0.1) is 6.92 Å². The van der Waals surface area contributed by atoms with Gasteiger partial charge in [0.2, 0.25) is 0 Å². The second-order valence-corrected chi connectivity index (χ2v) is 13.5. The van der Waals surface area contributed by atoms with Crippen molar-refractivity contribution in [2.45, 2.75) is 49.7 Å². The van der Waals surface area contributed by atoms with Gasteiger partial charge in [-0.2, -0.15) is 13.9 Å². The molecule has 3 unspecified atom stereocenters. The molecule has 296 valence electrons. The third-order valence-electron chi connectivity index (χ3n) is 9.36. The van der Waals surface area contributed by atoms with Crippen molar-refractivity contribution >= 4 is 40.9 Å². The van der Waals surface area contributed by atoms with Crippen LogP contribution in [0.1, 0.15) is 35.3 Å². The number of likely N-dealkylation sites (N-methyl/N-ethyl adjacent to an activating group) is 2. The van der Waals surface area contributed by atoms with Crippen LogP contribution in [0.25, 0.3) is 10.9 Å². The molecule has 7 rings (SSSR count). The molecule has 1 saturated heterocycles. The predicted molar refractivity (Wildman–Crippen MR) is 210 cm³/mol. The molecule has 0 saturated carbocycles. The van der Waals surface area contributed by atoms with E-state index in [4.69, 9.17) is 16.3 Å². The van der Waals surface area contributed by atoms with Gasteiger partial charge in [-0.25, -0.2) is 9.29 Å². The van der Waals surface area contributed by atoms with Gasteiger partial charge in [0.25, 0.3) is 0 Å². The molecule has 10 nitrogen and oxygen atoms in total. The predicted octanol–water partition coefficient (Wildman–Crippen LogP) is 6.66. The van der Waals surface area contributed by atoms with E-state index in [0.717, 1.165) is 52.3 Å². The highest BCUT2D eigenvalue weighted by Gasteiger charge is 2.50. The molecule has 4 heterocycles. The average molecular weight is 786 g/mol. The van der Waals surface area contributed by atoms with Crippen molar-refractivity contribution in [2.24, 2.45) is 4.99 Å². The number of nitrogens with zero attached hydrogens (tertiary/aromatic N) is 4. The molecule has 2 aromatic rings. The van der Waals surface area contributed by atoms with Crippen LogP contribution in [0.5, 0.6) is 0 Å². The van der Waals surface area contributed by atoms with E-state index >= 15 is 8.78 Å². The first kappa shape index (κ1) is 42.9. The number of hydrogen-bond acceptors (Lipinski definition) is 9. The van der Waals surface area contributed by atoms with Crippen LogP contribution in [0.15, 0.2) is 106 Å². The highest BCUT2D eigenvalue weighted by molar-refractivity contribution is 6.22. The van der Waals surface area contributed by atoms with Crippen molar-refractivity contribution in [1.29, 1.82) is 0 Å². The second kappa shape index (κ2) is 20.8. The van der Waals surface area contributed by atoms with Gasteiger partial charge in [0.15, 0.2) is 5.84 Å². The lowest BCUT2D eigenvalue weighted by molar-refractivity contribution is -0.104. The van der Waals surface area contributed by atoms with Crippen molar-refractivity contribution in [1.82, 2.24) is 30.6 Å². The number of alkyl halides is 4. The van der Waals surface area contributed by atoms with E-state index in [1.165, 1.54) is 18.6 Å². The monoisotopic (exact) mass is 785 g/mol. The average Bonchev–Trinajstić information content (AvgIpc) is 3.72. The fourth-order valence-corrected chi connectivity index (χ4v) is 6.35. The highest BCUT2D eigenvalue weighted by Crippen LogP contribution is 2.34.